The molecule has 1 aromatic rings. The van der Waals surface area contributed by atoms with Gasteiger partial charge >= 0.3 is 0 Å². The summed E-state index contributed by atoms with van der Waals surface area (Å²) in [5.41, 5.74) is 1.64. The van der Waals surface area contributed by atoms with Crippen LogP contribution < -0.4 is 0 Å². The van der Waals surface area contributed by atoms with Crippen molar-refractivity contribution in [2.45, 2.75) is 13.8 Å². The van der Waals surface area contributed by atoms with Gasteiger partial charge in [0.25, 0.3) is 0 Å². The van der Waals surface area contributed by atoms with Crippen LogP contribution in [0.25, 0.3) is 0 Å². The molecule has 0 saturated carbocycles. The van der Waals surface area contributed by atoms with Crippen LogP contribution in [0.2, 0.25) is 0 Å². The second-order valence-electron chi connectivity index (χ2n) is 2.34. The molecule has 56 valence electrons. The number of aryl methyl sites for hydroxylation is 2. The maximum Gasteiger partial charge on any atom is 0.138 e. The fourth-order valence-electron chi connectivity index (χ4n) is 0.828. The molecule has 1 aromatic heterocycles. The van der Waals surface area contributed by atoms with Gasteiger partial charge in [0.05, 0.1) is 17.0 Å². The zero-order chi connectivity index (χ0) is 8.43. The highest BCUT2D eigenvalue weighted by Gasteiger charge is 2.02. The Labute approximate surface area is 64.9 Å². The Morgan fingerprint density at radius 2 is 2.09 bits per heavy atom. The van der Waals surface area contributed by atoms with E-state index in [-0.39, 0.29) is 5.75 Å². The summed E-state index contributed by atoms with van der Waals surface area (Å²) in [4.78, 5) is 3.97. The zero-order valence-corrected chi connectivity index (χ0v) is 6.42. The van der Waals surface area contributed by atoms with E-state index in [1.165, 1.54) is 6.07 Å². The molecule has 0 bridgehead atoms. The van der Waals surface area contributed by atoms with Crippen molar-refractivity contribution >= 4 is 0 Å². The quantitative estimate of drug-likeness (QED) is 0.602. The summed E-state index contributed by atoms with van der Waals surface area (Å²) in [6.45, 7) is 3.44. The first-order valence-electron chi connectivity index (χ1n) is 3.22. The van der Waals surface area contributed by atoms with Crippen LogP contribution in [0.3, 0.4) is 0 Å². The van der Waals surface area contributed by atoms with Gasteiger partial charge in [-0.15, -0.1) is 0 Å². The Balaban J connectivity index is 3.35. The predicted molar refractivity (Wildman–Crippen MR) is 40.1 cm³/mol. The number of pyridine rings is 1. The molecule has 0 atom stereocenters. The second-order valence-corrected chi connectivity index (χ2v) is 2.34. The molecule has 1 heterocycles. The molecular weight excluding hydrogens is 140 g/mol. The van der Waals surface area contributed by atoms with Crippen LogP contribution >= 0.6 is 0 Å². The molecule has 0 aliphatic rings. The third-order valence-corrected chi connectivity index (χ3v) is 1.50. The zero-order valence-electron chi connectivity index (χ0n) is 6.42. The number of nitrogens with zero attached hydrogens (tertiary/aromatic N) is 2. The lowest BCUT2D eigenvalue weighted by atomic mass is 10.2. The maximum atomic E-state index is 9.14. The molecule has 0 amide bonds. The first-order chi connectivity index (χ1) is 5.15. The van der Waals surface area contributed by atoms with Gasteiger partial charge in [0, 0.05) is 6.07 Å². The molecular formula is C8H8N2O. The molecule has 3 heteroatoms. The number of hydrogen-bond acceptors (Lipinski definition) is 3. The SMILES string of the molecule is Cc1nc(C)c(C#N)cc1O. The molecule has 0 aliphatic carbocycles. The Bertz CT molecular complexity index is 326. The largest absolute Gasteiger partial charge is 0.506 e. The number of hydrogen-bond donors (Lipinski definition) is 1. The Hall–Kier alpha value is -1.56. The van der Waals surface area contributed by atoms with Crippen LogP contribution in [0.4, 0.5) is 0 Å². The number of aromatic hydroxyl groups is 1. The van der Waals surface area contributed by atoms with Gasteiger partial charge in [0.15, 0.2) is 0 Å². The average molecular weight is 148 g/mol. The van der Waals surface area contributed by atoms with E-state index in [9.17, 15) is 0 Å². The van der Waals surface area contributed by atoms with E-state index in [4.69, 9.17) is 10.4 Å². The van der Waals surface area contributed by atoms with Crippen molar-refractivity contribution in [3.63, 3.8) is 0 Å². The van der Waals surface area contributed by atoms with E-state index in [0.717, 1.165) is 0 Å². The topological polar surface area (TPSA) is 56.9 Å². The van der Waals surface area contributed by atoms with E-state index in [2.05, 4.69) is 4.98 Å². The van der Waals surface area contributed by atoms with Gasteiger partial charge < -0.3 is 5.11 Å². The average Bonchev–Trinajstić information content (AvgIpc) is 1.97. The van der Waals surface area contributed by atoms with E-state index in [1.54, 1.807) is 13.8 Å². The molecule has 3 nitrogen and oxygen atoms in total. The summed E-state index contributed by atoms with van der Waals surface area (Å²) in [6, 6.07) is 3.37. The third kappa shape index (κ3) is 1.30. The van der Waals surface area contributed by atoms with Gasteiger partial charge in [0.2, 0.25) is 0 Å². The normalized spacial score (nSPS) is 9.18. The van der Waals surface area contributed by atoms with Crippen molar-refractivity contribution in [3.8, 4) is 11.8 Å². The molecule has 0 saturated heterocycles. The highest BCUT2D eigenvalue weighted by molar-refractivity contribution is 5.40. The van der Waals surface area contributed by atoms with Crippen LogP contribution in [0, 0.1) is 25.2 Å². The van der Waals surface area contributed by atoms with Crippen LogP contribution in [0.1, 0.15) is 17.0 Å². The maximum absolute atomic E-state index is 9.14. The Morgan fingerprint density at radius 3 is 2.64 bits per heavy atom. The first-order valence-corrected chi connectivity index (χ1v) is 3.22. The minimum absolute atomic E-state index is 0.0761. The number of rotatable bonds is 0. The van der Waals surface area contributed by atoms with Gasteiger partial charge in [-0.05, 0) is 13.8 Å². The predicted octanol–water partition coefficient (Wildman–Crippen LogP) is 1.28. The summed E-state index contributed by atoms with van der Waals surface area (Å²) in [6.07, 6.45) is 0. The molecule has 11 heavy (non-hydrogen) atoms. The second kappa shape index (κ2) is 2.59. The minimum Gasteiger partial charge on any atom is -0.506 e. The summed E-state index contributed by atoms with van der Waals surface area (Å²) >= 11 is 0. The number of nitriles is 1. The highest BCUT2D eigenvalue weighted by atomic mass is 16.3. The van der Waals surface area contributed by atoms with Crippen molar-refractivity contribution in [3.05, 3.63) is 23.0 Å². The molecule has 1 N–H and O–H groups in total. The molecule has 0 aromatic carbocycles. The van der Waals surface area contributed by atoms with Crippen molar-refractivity contribution in [1.82, 2.24) is 4.98 Å². The molecule has 0 spiro atoms. The van der Waals surface area contributed by atoms with Crippen molar-refractivity contribution in [2.75, 3.05) is 0 Å². The van der Waals surface area contributed by atoms with Crippen molar-refractivity contribution in [1.29, 1.82) is 5.26 Å². The molecule has 1 rings (SSSR count). The van der Waals surface area contributed by atoms with Crippen molar-refractivity contribution < 1.29 is 5.11 Å². The van der Waals surface area contributed by atoms with Crippen molar-refractivity contribution in [2.24, 2.45) is 0 Å². The van der Waals surface area contributed by atoms with Gasteiger partial charge in [-0.25, -0.2) is 0 Å². The summed E-state index contributed by atoms with van der Waals surface area (Å²) in [5, 5.41) is 17.7. The fraction of sp³-hybridized carbons (Fsp3) is 0.250. The minimum atomic E-state index is 0.0761. The van der Waals surface area contributed by atoms with Crippen LogP contribution in [-0.2, 0) is 0 Å². The first kappa shape index (κ1) is 7.55. The lowest BCUT2D eigenvalue weighted by Gasteiger charge is -2.00. The van der Waals surface area contributed by atoms with Gasteiger partial charge in [-0.2, -0.15) is 5.26 Å². The Kier molecular flexibility index (Phi) is 1.77. The van der Waals surface area contributed by atoms with E-state index in [0.29, 0.717) is 17.0 Å². The van der Waals surface area contributed by atoms with Gasteiger partial charge in [-0.1, -0.05) is 0 Å². The van der Waals surface area contributed by atoms with Gasteiger partial charge in [0.1, 0.15) is 11.8 Å². The van der Waals surface area contributed by atoms with E-state index >= 15 is 0 Å². The van der Waals surface area contributed by atoms with Gasteiger partial charge in [-0.3, -0.25) is 4.98 Å². The van der Waals surface area contributed by atoms with Crippen LogP contribution in [-0.4, -0.2) is 10.1 Å². The summed E-state index contributed by atoms with van der Waals surface area (Å²) < 4.78 is 0. The van der Waals surface area contributed by atoms with E-state index in [1.807, 2.05) is 6.07 Å². The fourth-order valence-corrected chi connectivity index (χ4v) is 0.828. The lowest BCUT2D eigenvalue weighted by molar-refractivity contribution is 0.467. The molecule has 0 aliphatic heterocycles. The van der Waals surface area contributed by atoms with Crippen LogP contribution in [0.15, 0.2) is 6.07 Å². The smallest absolute Gasteiger partial charge is 0.138 e. The monoisotopic (exact) mass is 148 g/mol. The number of aromatic nitrogens is 1. The molecule has 0 unspecified atom stereocenters. The molecule has 0 fully saturated rings. The Morgan fingerprint density at radius 1 is 1.45 bits per heavy atom. The van der Waals surface area contributed by atoms with E-state index < -0.39 is 0 Å². The highest BCUT2D eigenvalue weighted by Crippen LogP contribution is 2.16. The van der Waals surface area contributed by atoms with Crippen LogP contribution in [0.5, 0.6) is 5.75 Å². The summed E-state index contributed by atoms with van der Waals surface area (Å²) in [7, 11) is 0. The lowest BCUT2D eigenvalue weighted by Crippen LogP contribution is -1.90. The standard InChI is InChI=1S/C8H8N2O/c1-5-7(4-9)3-8(11)6(2)10-5/h3,11H,1-2H3. The molecule has 0 radical (unpaired) electrons. The third-order valence-electron chi connectivity index (χ3n) is 1.50. The summed E-state index contributed by atoms with van der Waals surface area (Å²) in [5.74, 6) is 0.0761.